The molecule has 3 rings (SSSR count). The lowest BCUT2D eigenvalue weighted by molar-refractivity contribution is -0.274. The molecule has 10 heteroatoms. The Morgan fingerprint density at radius 3 is 2.32 bits per heavy atom. The van der Waals surface area contributed by atoms with E-state index in [1.54, 1.807) is 30.3 Å². The molecule has 0 unspecified atom stereocenters. The van der Waals surface area contributed by atoms with Gasteiger partial charge < -0.3 is 10.1 Å². The molecule has 1 N–H and O–H groups in total. The predicted molar refractivity (Wildman–Crippen MR) is 108 cm³/mol. The summed E-state index contributed by atoms with van der Waals surface area (Å²) in [6.07, 6.45) is -4.16. The van der Waals surface area contributed by atoms with Gasteiger partial charge in [0.1, 0.15) is 5.75 Å². The van der Waals surface area contributed by atoms with E-state index in [-0.39, 0.29) is 41.7 Å². The van der Waals surface area contributed by atoms with Gasteiger partial charge in [-0.05, 0) is 38.0 Å². The monoisotopic (exact) mass is 456 g/mol. The maximum atomic E-state index is 12.8. The number of halogens is 3. The highest BCUT2D eigenvalue weighted by atomic mass is 32.2. The van der Waals surface area contributed by atoms with Crippen molar-refractivity contribution in [1.29, 1.82) is 0 Å². The van der Waals surface area contributed by atoms with Gasteiger partial charge in [-0.1, -0.05) is 35.9 Å². The van der Waals surface area contributed by atoms with Crippen LogP contribution in [-0.4, -0.2) is 38.1 Å². The summed E-state index contributed by atoms with van der Waals surface area (Å²) in [5.41, 5.74) is 1.16. The standard InChI is InChI=1S/C21H23F3N2O4S/c1-15-6-8-18(9-7-15)31(28,29)26-12-10-16(11-13-26)20(27)25-14-17-4-2-3-5-19(17)30-21(22,23)24/h2-9,16H,10-14H2,1H3,(H,25,27). The van der Waals surface area contributed by atoms with Crippen LogP contribution in [0.5, 0.6) is 5.75 Å². The highest BCUT2D eigenvalue weighted by molar-refractivity contribution is 7.89. The minimum Gasteiger partial charge on any atom is -0.405 e. The fourth-order valence-corrected chi connectivity index (χ4v) is 4.89. The van der Waals surface area contributed by atoms with E-state index in [2.05, 4.69) is 10.1 Å². The topological polar surface area (TPSA) is 75.7 Å². The minimum absolute atomic E-state index is 0.118. The molecule has 0 spiro atoms. The van der Waals surface area contributed by atoms with E-state index < -0.39 is 22.3 Å². The van der Waals surface area contributed by atoms with Crippen molar-refractivity contribution in [2.24, 2.45) is 5.92 Å². The Bertz CT molecular complexity index is 1020. The molecule has 2 aromatic rings. The van der Waals surface area contributed by atoms with Crippen molar-refractivity contribution in [2.75, 3.05) is 13.1 Å². The number of aryl methyl sites for hydroxylation is 1. The fourth-order valence-electron chi connectivity index (χ4n) is 3.42. The van der Waals surface area contributed by atoms with Crippen LogP contribution in [0.15, 0.2) is 53.4 Å². The number of hydrogen-bond acceptors (Lipinski definition) is 4. The van der Waals surface area contributed by atoms with Gasteiger partial charge in [0.05, 0.1) is 4.90 Å². The van der Waals surface area contributed by atoms with Gasteiger partial charge in [-0.2, -0.15) is 4.31 Å². The second kappa shape index (κ2) is 9.27. The van der Waals surface area contributed by atoms with Crippen LogP contribution in [0.25, 0.3) is 0 Å². The van der Waals surface area contributed by atoms with Gasteiger partial charge in [0.15, 0.2) is 0 Å². The number of hydrogen-bond donors (Lipinski definition) is 1. The van der Waals surface area contributed by atoms with Crippen LogP contribution in [0.3, 0.4) is 0 Å². The number of amides is 1. The molecule has 6 nitrogen and oxygen atoms in total. The molecule has 1 fully saturated rings. The number of rotatable bonds is 6. The highest BCUT2D eigenvalue weighted by Crippen LogP contribution is 2.27. The molecule has 2 aromatic carbocycles. The van der Waals surface area contributed by atoms with Crippen LogP contribution >= 0.6 is 0 Å². The Labute approximate surface area is 179 Å². The summed E-state index contributed by atoms with van der Waals surface area (Å²) in [6, 6.07) is 12.2. The van der Waals surface area contributed by atoms with Crippen molar-refractivity contribution in [1.82, 2.24) is 9.62 Å². The number of para-hydroxylation sites is 1. The van der Waals surface area contributed by atoms with Crippen molar-refractivity contribution >= 4 is 15.9 Å². The summed E-state index contributed by atoms with van der Waals surface area (Å²) in [5.74, 6) is -1.11. The van der Waals surface area contributed by atoms with Gasteiger partial charge in [0, 0.05) is 31.1 Å². The van der Waals surface area contributed by atoms with Gasteiger partial charge in [-0.15, -0.1) is 13.2 Å². The summed E-state index contributed by atoms with van der Waals surface area (Å²) in [7, 11) is -3.63. The van der Waals surface area contributed by atoms with Gasteiger partial charge in [-0.25, -0.2) is 8.42 Å². The summed E-state index contributed by atoms with van der Waals surface area (Å²) < 4.78 is 68.4. The maximum Gasteiger partial charge on any atom is 0.573 e. The number of ether oxygens (including phenoxy) is 1. The number of carbonyl (C=O) groups excluding carboxylic acids is 1. The van der Waals surface area contributed by atoms with Crippen molar-refractivity contribution in [3.63, 3.8) is 0 Å². The summed E-state index contributed by atoms with van der Waals surface area (Å²) in [4.78, 5) is 12.7. The number of alkyl halides is 3. The Morgan fingerprint density at radius 1 is 1.10 bits per heavy atom. The largest absolute Gasteiger partial charge is 0.573 e. The van der Waals surface area contributed by atoms with Crippen molar-refractivity contribution in [2.45, 2.75) is 37.6 Å². The van der Waals surface area contributed by atoms with Crippen molar-refractivity contribution < 1.29 is 31.1 Å². The Morgan fingerprint density at radius 2 is 1.71 bits per heavy atom. The smallest absolute Gasteiger partial charge is 0.405 e. The van der Waals surface area contributed by atoms with E-state index in [1.807, 2.05) is 6.92 Å². The van der Waals surface area contributed by atoms with E-state index >= 15 is 0 Å². The van der Waals surface area contributed by atoms with E-state index in [0.717, 1.165) is 5.56 Å². The van der Waals surface area contributed by atoms with E-state index in [1.165, 1.54) is 22.5 Å². The molecule has 0 atom stereocenters. The molecule has 0 aromatic heterocycles. The third-order valence-corrected chi connectivity index (χ3v) is 7.05. The van der Waals surface area contributed by atoms with E-state index in [9.17, 15) is 26.4 Å². The summed E-state index contributed by atoms with van der Waals surface area (Å²) >= 11 is 0. The van der Waals surface area contributed by atoms with Gasteiger partial charge in [-0.3, -0.25) is 4.79 Å². The normalized spacial score (nSPS) is 16.1. The summed E-state index contributed by atoms with van der Waals surface area (Å²) in [6.45, 7) is 2.14. The van der Waals surface area contributed by atoms with E-state index in [4.69, 9.17) is 0 Å². The molecule has 1 amide bonds. The number of carbonyl (C=O) groups is 1. The molecule has 0 aliphatic carbocycles. The molecule has 168 valence electrons. The lowest BCUT2D eigenvalue weighted by Gasteiger charge is -2.30. The number of nitrogens with one attached hydrogen (secondary N) is 1. The average molecular weight is 456 g/mol. The first-order valence-electron chi connectivity index (χ1n) is 9.74. The third-order valence-electron chi connectivity index (χ3n) is 5.13. The average Bonchev–Trinajstić information content (AvgIpc) is 2.72. The van der Waals surface area contributed by atoms with Crippen LogP contribution in [-0.2, 0) is 21.4 Å². The number of benzene rings is 2. The molecule has 0 saturated carbocycles. The molecule has 1 aliphatic heterocycles. The number of sulfonamides is 1. The molecule has 1 saturated heterocycles. The molecule has 31 heavy (non-hydrogen) atoms. The first-order valence-corrected chi connectivity index (χ1v) is 11.2. The predicted octanol–water partition coefficient (Wildman–Crippen LogP) is 3.61. The van der Waals surface area contributed by atoms with Crippen LogP contribution in [0.4, 0.5) is 13.2 Å². The van der Waals surface area contributed by atoms with Crippen LogP contribution in [0.2, 0.25) is 0 Å². The first kappa shape index (κ1) is 23.1. The lowest BCUT2D eigenvalue weighted by Crippen LogP contribution is -2.42. The highest BCUT2D eigenvalue weighted by Gasteiger charge is 2.33. The van der Waals surface area contributed by atoms with Crippen molar-refractivity contribution in [3.05, 3.63) is 59.7 Å². The molecule has 1 aliphatic rings. The Balaban J connectivity index is 1.56. The number of nitrogens with zero attached hydrogens (tertiary/aromatic N) is 1. The van der Waals surface area contributed by atoms with Crippen LogP contribution < -0.4 is 10.1 Å². The molecule has 1 heterocycles. The second-order valence-electron chi connectivity index (χ2n) is 7.36. The molecule has 0 bridgehead atoms. The first-order chi connectivity index (χ1) is 14.6. The Hall–Kier alpha value is -2.59. The lowest BCUT2D eigenvalue weighted by atomic mass is 9.97. The minimum atomic E-state index is -4.82. The maximum absolute atomic E-state index is 12.8. The SMILES string of the molecule is Cc1ccc(S(=O)(=O)N2CCC(C(=O)NCc3ccccc3OC(F)(F)F)CC2)cc1. The quantitative estimate of drug-likeness (QED) is 0.721. The van der Waals surface area contributed by atoms with Gasteiger partial charge in [0.2, 0.25) is 15.9 Å². The Kier molecular flexibility index (Phi) is 6.90. The number of piperidine rings is 1. The third kappa shape index (κ3) is 5.98. The van der Waals surface area contributed by atoms with Gasteiger partial charge >= 0.3 is 6.36 Å². The summed E-state index contributed by atoms with van der Waals surface area (Å²) in [5, 5.41) is 2.63. The zero-order valence-corrected chi connectivity index (χ0v) is 17.7. The molecule has 0 radical (unpaired) electrons. The molecular formula is C21H23F3N2O4S. The van der Waals surface area contributed by atoms with E-state index in [0.29, 0.717) is 12.8 Å². The van der Waals surface area contributed by atoms with Crippen LogP contribution in [0, 0.1) is 12.8 Å². The zero-order valence-electron chi connectivity index (χ0n) is 16.9. The van der Waals surface area contributed by atoms with Crippen molar-refractivity contribution in [3.8, 4) is 5.75 Å². The fraction of sp³-hybridized carbons (Fsp3) is 0.381. The van der Waals surface area contributed by atoms with Crippen LogP contribution in [0.1, 0.15) is 24.0 Å². The molecular weight excluding hydrogens is 433 g/mol. The zero-order chi connectivity index (χ0) is 22.6. The second-order valence-corrected chi connectivity index (χ2v) is 9.30. The van der Waals surface area contributed by atoms with Gasteiger partial charge in [0.25, 0.3) is 0 Å².